The van der Waals surface area contributed by atoms with Crippen molar-refractivity contribution in [3.63, 3.8) is 0 Å². The van der Waals surface area contributed by atoms with Crippen LogP contribution in [0.1, 0.15) is 46.5 Å². The van der Waals surface area contributed by atoms with Gasteiger partial charge in [0, 0.05) is 23.3 Å². The minimum Gasteiger partial charge on any atom is -0.366 e. The van der Waals surface area contributed by atoms with Gasteiger partial charge in [-0.1, -0.05) is 12.8 Å². The number of aromatic nitrogens is 2. The Morgan fingerprint density at radius 2 is 1.74 bits per heavy atom. The van der Waals surface area contributed by atoms with E-state index in [4.69, 9.17) is 17.2 Å². The van der Waals surface area contributed by atoms with Crippen molar-refractivity contribution in [1.82, 2.24) is 9.97 Å². The molecule has 9 heteroatoms. The quantitative estimate of drug-likeness (QED) is 0.509. The van der Waals surface area contributed by atoms with Crippen molar-refractivity contribution in [2.45, 2.75) is 37.8 Å². The topological polar surface area (TPSA) is 162 Å². The van der Waals surface area contributed by atoms with E-state index < -0.39 is 11.8 Å². The molecule has 1 heterocycles. The molecule has 2 unspecified atom stereocenters. The SMILES string of the molecule is NC(=O)c1ccc(Nc2nc(NC3CCCCC3N)cnc2C(N)=O)cc1. The van der Waals surface area contributed by atoms with Gasteiger partial charge in [-0.15, -0.1) is 0 Å². The van der Waals surface area contributed by atoms with Gasteiger partial charge in [0.05, 0.1) is 6.20 Å². The molecule has 3 rings (SSSR count). The van der Waals surface area contributed by atoms with Crippen LogP contribution in [0.4, 0.5) is 17.3 Å². The molecule has 2 amide bonds. The normalized spacial score (nSPS) is 19.3. The standard InChI is InChI=1S/C18H23N7O2/c19-12-3-1-2-4-13(12)24-14-9-22-15(17(21)27)18(25-14)23-11-7-5-10(6-8-11)16(20)26/h5-9,12-13H,1-4,19H2,(H2,20,26)(H2,21,27)(H2,23,24,25). The molecule has 9 nitrogen and oxygen atoms in total. The van der Waals surface area contributed by atoms with Gasteiger partial charge in [0.25, 0.3) is 5.91 Å². The molecule has 1 fully saturated rings. The number of hydrogen-bond donors (Lipinski definition) is 5. The lowest BCUT2D eigenvalue weighted by Gasteiger charge is -2.29. The number of primary amides is 2. The van der Waals surface area contributed by atoms with Crippen LogP contribution in [0, 0.1) is 0 Å². The van der Waals surface area contributed by atoms with E-state index in [-0.39, 0.29) is 23.6 Å². The van der Waals surface area contributed by atoms with E-state index in [2.05, 4.69) is 20.6 Å². The lowest BCUT2D eigenvalue weighted by atomic mass is 9.91. The first-order chi connectivity index (χ1) is 12.9. The monoisotopic (exact) mass is 369 g/mol. The highest BCUT2D eigenvalue weighted by atomic mass is 16.1. The Morgan fingerprint density at radius 3 is 2.37 bits per heavy atom. The summed E-state index contributed by atoms with van der Waals surface area (Å²) in [6.45, 7) is 0. The third-order valence-electron chi connectivity index (χ3n) is 4.59. The second kappa shape index (κ2) is 8.00. The Morgan fingerprint density at radius 1 is 1.04 bits per heavy atom. The number of carbonyl (C=O) groups is 2. The van der Waals surface area contributed by atoms with Crippen molar-refractivity contribution in [1.29, 1.82) is 0 Å². The molecular weight excluding hydrogens is 346 g/mol. The first kappa shape index (κ1) is 18.6. The highest BCUT2D eigenvalue weighted by molar-refractivity contribution is 5.96. The molecule has 0 radical (unpaired) electrons. The van der Waals surface area contributed by atoms with Crippen LogP contribution in [0.15, 0.2) is 30.5 Å². The fraction of sp³-hybridized carbons (Fsp3) is 0.333. The van der Waals surface area contributed by atoms with Gasteiger partial charge in [0.2, 0.25) is 5.91 Å². The van der Waals surface area contributed by atoms with E-state index in [1.807, 2.05) is 0 Å². The number of rotatable bonds is 6. The average molecular weight is 369 g/mol. The maximum atomic E-state index is 11.7. The van der Waals surface area contributed by atoms with Crippen LogP contribution >= 0.6 is 0 Å². The number of nitrogens with one attached hydrogen (secondary N) is 2. The number of anilines is 3. The first-order valence-electron chi connectivity index (χ1n) is 8.80. The van der Waals surface area contributed by atoms with Gasteiger partial charge in [-0.2, -0.15) is 0 Å². The Balaban J connectivity index is 1.83. The zero-order valence-corrected chi connectivity index (χ0v) is 14.8. The highest BCUT2D eigenvalue weighted by Crippen LogP contribution is 2.23. The number of hydrogen-bond acceptors (Lipinski definition) is 7. The van der Waals surface area contributed by atoms with E-state index >= 15 is 0 Å². The summed E-state index contributed by atoms with van der Waals surface area (Å²) in [7, 11) is 0. The van der Waals surface area contributed by atoms with Crippen LogP contribution in [0.3, 0.4) is 0 Å². The molecule has 142 valence electrons. The predicted octanol–water partition coefficient (Wildman–Crippen LogP) is 1.10. The Bertz CT molecular complexity index is 838. The van der Waals surface area contributed by atoms with Crippen molar-refractivity contribution in [2.75, 3.05) is 10.6 Å². The van der Waals surface area contributed by atoms with Gasteiger partial charge >= 0.3 is 0 Å². The Hall–Kier alpha value is -3.20. The third kappa shape index (κ3) is 4.50. The van der Waals surface area contributed by atoms with E-state index in [0.29, 0.717) is 17.1 Å². The van der Waals surface area contributed by atoms with Crippen LogP contribution in [0.5, 0.6) is 0 Å². The molecule has 0 saturated heterocycles. The summed E-state index contributed by atoms with van der Waals surface area (Å²) in [5, 5.41) is 6.31. The number of amides is 2. The lowest BCUT2D eigenvalue weighted by Crippen LogP contribution is -2.42. The molecular formula is C18H23N7O2. The molecule has 0 spiro atoms. The minimum absolute atomic E-state index is 0.0208. The minimum atomic E-state index is -0.695. The average Bonchev–Trinajstić information content (AvgIpc) is 2.64. The smallest absolute Gasteiger partial charge is 0.271 e. The third-order valence-corrected chi connectivity index (χ3v) is 4.59. The van der Waals surface area contributed by atoms with Gasteiger partial charge in [-0.05, 0) is 37.1 Å². The number of carbonyl (C=O) groups excluding carboxylic acids is 2. The van der Waals surface area contributed by atoms with E-state index in [0.717, 1.165) is 25.7 Å². The summed E-state index contributed by atoms with van der Waals surface area (Å²) < 4.78 is 0. The summed E-state index contributed by atoms with van der Waals surface area (Å²) in [5.41, 5.74) is 17.8. The van der Waals surface area contributed by atoms with Crippen molar-refractivity contribution in [3.05, 3.63) is 41.7 Å². The zero-order valence-electron chi connectivity index (χ0n) is 14.8. The van der Waals surface area contributed by atoms with Crippen LogP contribution < -0.4 is 27.8 Å². The lowest BCUT2D eigenvalue weighted by molar-refractivity contribution is 0.0989. The number of nitrogens with two attached hydrogens (primary N) is 3. The Kier molecular flexibility index (Phi) is 5.51. The van der Waals surface area contributed by atoms with Gasteiger partial charge in [0.15, 0.2) is 11.5 Å². The fourth-order valence-corrected chi connectivity index (χ4v) is 3.11. The fourth-order valence-electron chi connectivity index (χ4n) is 3.11. The predicted molar refractivity (Wildman–Crippen MR) is 103 cm³/mol. The van der Waals surface area contributed by atoms with E-state index in [1.54, 1.807) is 24.3 Å². The molecule has 2 atom stereocenters. The van der Waals surface area contributed by atoms with Crippen LogP contribution in [0.25, 0.3) is 0 Å². The summed E-state index contributed by atoms with van der Waals surface area (Å²) in [5.74, 6) is -0.476. The van der Waals surface area contributed by atoms with Gasteiger partial charge in [-0.25, -0.2) is 9.97 Å². The summed E-state index contributed by atoms with van der Waals surface area (Å²) in [6.07, 6.45) is 5.62. The zero-order chi connectivity index (χ0) is 19.4. The second-order valence-electron chi connectivity index (χ2n) is 6.58. The largest absolute Gasteiger partial charge is 0.366 e. The Labute approximate surface area is 156 Å². The van der Waals surface area contributed by atoms with Gasteiger partial charge in [-0.3, -0.25) is 9.59 Å². The highest BCUT2D eigenvalue weighted by Gasteiger charge is 2.22. The second-order valence-corrected chi connectivity index (χ2v) is 6.58. The molecule has 0 aliphatic heterocycles. The van der Waals surface area contributed by atoms with Crippen LogP contribution in [-0.2, 0) is 0 Å². The summed E-state index contributed by atoms with van der Waals surface area (Å²) in [6, 6.07) is 6.62. The maximum absolute atomic E-state index is 11.7. The molecule has 8 N–H and O–H groups in total. The maximum Gasteiger partial charge on any atom is 0.271 e. The van der Waals surface area contributed by atoms with Crippen molar-refractivity contribution < 1.29 is 9.59 Å². The molecule has 27 heavy (non-hydrogen) atoms. The van der Waals surface area contributed by atoms with Crippen LogP contribution in [-0.4, -0.2) is 33.9 Å². The summed E-state index contributed by atoms with van der Waals surface area (Å²) in [4.78, 5) is 31.4. The molecule has 2 aromatic rings. The molecule has 1 saturated carbocycles. The van der Waals surface area contributed by atoms with E-state index in [9.17, 15) is 9.59 Å². The summed E-state index contributed by atoms with van der Waals surface area (Å²) >= 11 is 0. The molecule has 1 aliphatic carbocycles. The molecule has 0 bridgehead atoms. The van der Waals surface area contributed by atoms with Gasteiger partial charge < -0.3 is 27.8 Å². The molecule has 1 aromatic carbocycles. The first-order valence-corrected chi connectivity index (χ1v) is 8.80. The van der Waals surface area contributed by atoms with Crippen molar-refractivity contribution >= 4 is 29.1 Å². The van der Waals surface area contributed by atoms with Crippen molar-refractivity contribution in [2.24, 2.45) is 17.2 Å². The number of benzene rings is 1. The molecule has 1 aromatic heterocycles. The van der Waals surface area contributed by atoms with E-state index in [1.165, 1.54) is 6.20 Å². The molecule has 1 aliphatic rings. The van der Waals surface area contributed by atoms with Crippen molar-refractivity contribution in [3.8, 4) is 0 Å². The van der Waals surface area contributed by atoms with Crippen LogP contribution in [0.2, 0.25) is 0 Å². The number of nitrogens with zero attached hydrogens (tertiary/aromatic N) is 2. The van der Waals surface area contributed by atoms with Gasteiger partial charge in [0.1, 0.15) is 5.82 Å².